The number of hydrogen-bond acceptors (Lipinski definition) is 4. The van der Waals surface area contributed by atoms with Gasteiger partial charge in [0.05, 0.1) is 0 Å². The van der Waals surface area contributed by atoms with E-state index in [9.17, 15) is 18.0 Å². The van der Waals surface area contributed by atoms with Crippen molar-refractivity contribution in [2.24, 2.45) is 5.92 Å². The number of rotatable bonds is 4. The normalized spacial score (nSPS) is 16.4. The van der Waals surface area contributed by atoms with Crippen molar-refractivity contribution in [1.29, 1.82) is 0 Å². The molecule has 3 aromatic rings. The fraction of sp³-hybridized carbons (Fsp3) is 0.417. The molecule has 0 saturated carbocycles. The molecule has 1 aliphatic rings. The van der Waals surface area contributed by atoms with Crippen LogP contribution in [0.1, 0.15) is 36.8 Å². The van der Waals surface area contributed by atoms with Crippen molar-refractivity contribution in [2.75, 3.05) is 18.4 Å². The lowest BCUT2D eigenvalue weighted by atomic mass is 9.98. The van der Waals surface area contributed by atoms with Crippen molar-refractivity contribution in [3.63, 3.8) is 0 Å². The van der Waals surface area contributed by atoms with E-state index in [4.69, 9.17) is 0 Å². The number of likely N-dealkylation sites (tertiary alicyclic amines) is 1. The standard InChI is InChI=1S/C24H26F3N5O/c1-4-21-28-12-17-9-20(15(3)29-22(17)31-21)19-10-18(6-5-14(19)2)30-23(33)32-8-7-16(13-32)11-24(25,26)27/h5-6,9-10,12,16H,4,7-8,11,13H2,1-3H3,(H,30,33)/t16-/m0/s1. The van der Waals surface area contributed by atoms with Crippen LogP contribution >= 0.6 is 0 Å². The number of hydrogen-bond donors (Lipinski definition) is 1. The summed E-state index contributed by atoms with van der Waals surface area (Å²) in [6.07, 6.45) is -2.22. The van der Waals surface area contributed by atoms with Gasteiger partial charge in [0.25, 0.3) is 0 Å². The number of anilines is 1. The summed E-state index contributed by atoms with van der Waals surface area (Å²) in [5, 5.41) is 3.67. The van der Waals surface area contributed by atoms with Gasteiger partial charge in [-0.25, -0.2) is 19.7 Å². The Morgan fingerprint density at radius 3 is 2.70 bits per heavy atom. The molecule has 0 aliphatic carbocycles. The molecule has 0 unspecified atom stereocenters. The SMILES string of the molecule is CCc1ncc2cc(-c3cc(NC(=O)N4CC[C@@H](CC(F)(F)F)C4)ccc3C)c(C)nc2n1. The second kappa shape index (κ2) is 8.96. The van der Waals surface area contributed by atoms with Crippen LogP contribution in [0.15, 0.2) is 30.5 Å². The van der Waals surface area contributed by atoms with E-state index >= 15 is 0 Å². The molecule has 2 amide bonds. The van der Waals surface area contributed by atoms with E-state index in [-0.39, 0.29) is 12.6 Å². The minimum atomic E-state index is -4.21. The Balaban J connectivity index is 1.55. The van der Waals surface area contributed by atoms with Crippen LogP contribution in [-0.2, 0) is 6.42 Å². The predicted octanol–water partition coefficient (Wildman–Crippen LogP) is 5.68. The van der Waals surface area contributed by atoms with Gasteiger partial charge in [0.2, 0.25) is 0 Å². The van der Waals surface area contributed by atoms with Crippen molar-refractivity contribution in [1.82, 2.24) is 19.9 Å². The molecule has 6 nitrogen and oxygen atoms in total. The zero-order valence-electron chi connectivity index (χ0n) is 18.8. The highest BCUT2D eigenvalue weighted by atomic mass is 19.4. The first kappa shape index (κ1) is 22.9. The largest absolute Gasteiger partial charge is 0.389 e. The molecule has 0 spiro atoms. The quantitative estimate of drug-likeness (QED) is 0.547. The molecule has 9 heteroatoms. The van der Waals surface area contributed by atoms with E-state index < -0.39 is 18.5 Å². The molecule has 174 valence electrons. The molecule has 33 heavy (non-hydrogen) atoms. The zero-order valence-corrected chi connectivity index (χ0v) is 18.8. The van der Waals surface area contributed by atoms with E-state index in [0.717, 1.165) is 40.0 Å². The first-order valence-corrected chi connectivity index (χ1v) is 11.0. The molecule has 1 aromatic carbocycles. The number of carbonyl (C=O) groups excluding carboxylic acids is 1. The smallest absolute Gasteiger partial charge is 0.324 e. The van der Waals surface area contributed by atoms with Gasteiger partial charge in [-0.2, -0.15) is 13.2 Å². The zero-order chi connectivity index (χ0) is 23.8. The second-order valence-corrected chi connectivity index (χ2v) is 8.55. The molecule has 3 heterocycles. The lowest BCUT2D eigenvalue weighted by molar-refractivity contribution is -0.143. The van der Waals surface area contributed by atoms with Crippen molar-refractivity contribution in [3.05, 3.63) is 47.5 Å². The molecule has 1 N–H and O–H groups in total. The lowest BCUT2D eigenvalue weighted by Crippen LogP contribution is -2.33. The van der Waals surface area contributed by atoms with Gasteiger partial charge in [-0.05, 0) is 55.5 Å². The summed E-state index contributed by atoms with van der Waals surface area (Å²) in [6.45, 7) is 6.31. The van der Waals surface area contributed by atoms with E-state index in [0.29, 0.717) is 24.3 Å². The number of pyridine rings is 1. The van der Waals surface area contributed by atoms with Crippen LogP contribution in [0.4, 0.5) is 23.7 Å². The Morgan fingerprint density at radius 2 is 1.97 bits per heavy atom. The third-order valence-corrected chi connectivity index (χ3v) is 6.00. The van der Waals surface area contributed by atoms with Crippen LogP contribution in [0.3, 0.4) is 0 Å². The number of alkyl halides is 3. The molecule has 0 bridgehead atoms. The van der Waals surface area contributed by atoms with Gasteiger partial charge in [0.1, 0.15) is 5.82 Å². The number of benzene rings is 1. The van der Waals surface area contributed by atoms with E-state index in [1.807, 2.05) is 39.0 Å². The van der Waals surface area contributed by atoms with Crippen molar-refractivity contribution in [2.45, 2.75) is 46.2 Å². The van der Waals surface area contributed by atoms with Gasteiger partial charge in [0.15, 0.2) is 5.65 Å². The van der Waals surface area contributed by atoms with Crippen LogP contribution in [0, 0.1) is 19.8 Å². The number of nitrogens with zero attached hydrogens (tertiary/aromatic N) is 4. The first-order valence-electron chi connectivity index (χ1n) is 11.0. The van der Waals surface area contributed by atoms with Gasteiger partial charge < -0.3 is 10.2 Å². The highest BCUT2D eigenvalue weighted by molar-refractivity contribution is 5.91. The monoisotopic (exact) mass is 457 g/mol. The number of aryl methyl sites for hydroxylation is 3. The summed E-state index contributed by atoms with van der Waals surface area (Å²) < 4.78 is 38.0. The summed E-state index contributed by atoms with van der Waals surface area (Å²) in [4.78, 5) is 27.6. The van der Waals surface area contributed by atoms with E-state index in [1.165, 1.54) is 4.90 Å². The molecular formula is C24H26F3N5O. The summed E-state index contributed by atoms with van der Waals surface area (Å²) in [5.74, 6) is 0.188. The van der Waals surface area contributed by atoms with Gasteiger partial charge in [0, 0.05) is 54.5 Å². The molecule has 1 saturated heterocycles. The number of aromatic nitrogens is 3. The molecule has 1 aliphatic heterocycles. The Hall–Kier alpha value is -3.23. The van der Waals surface area contributed by atoms with Crippen LogP contribution in [0.25, 0.3) is 22.2 Å². The molecule has 1 atom stereocenters. The minimum Gasteiger partial charge on any atom is -0.324 e. The van der Waals surface area contributed by atoms with Crippen LogP contribution in [0.2, 0.25) is 0 Å². The third-order valence-electron chi connectivity index (χ3n) is 6.00. The molecule has 0 radical (unpaired) electrons. The van der Waals surface area contributed by atoms with Crippen LogP contribution in [0.5, 0.6) is 0 Å². The average Bonchev–Trinajstić information content (AvgIpc) is 3.21. The van der Waals surface area contributed by atoms with Crippen molar-refractivity contribution in [3.8, 4) is 11.1 Å². The van der Waals surface area contributed by atoms with Crippen molar-refractivity contribution >= 4 is 22.8 Å². The van der Waals surface area contributed by atoms with E-state index in [1.54, 1.807) is 12.3 Å². The maximum atomic E-state index is 12.7. The van der Waals surface area contributed by atoms with Gasteiger partial charge in [-0.15, -0.1) is 0 Å². The Labute approximate surface area is 190 Å². The Morgan fingerprint density at radius 1 is 1.18 bits per heavy atom. The lowest BCUT2D eigenvalue weighted by Gasteiger charge is -2.19. The number of amides is 2. The van der Waals surface area contributed by atoms with Crippen LogP contribution < -0.4 is 5.32 Å². The number of nitrogens with one attached hydrogen (secondary N) is 1. The maximum Gasteiger partial charge on any atom is 0.389 e. The number of urea groups is 1. The topological polar surface area (TPSA) is 71.0 Å². The molecular weight excluding hydrogens is 431 g/mol. The fourth-order valence-corrected chi connectivity index (χ4v) is 4.23. The second-order valence-electron chi connectivity index (χ2n) is 8.55. The van der Waals surface area contributed by atoms with E-state index in [2.05, 4.69) is 20.3 Å². The number of carbonyl (C=O) groups is 1. The molecule has 2 aromatic heterocycles. The summed E-state index contributed by atoms with van der Waals surface area (Å²) in [7, 11) is 0. The average molecular weight is 458 g/mol. The summed E-state index contributed by atoms with van der Waals surface area (Å²) >= 11 is 0. The van der Waals surface area contributed by atoms with Gasteiger partial charge in [-0.3, -0.25) is 0 Å². The Kier molecular flexibility index (Phi) is 6.23. The number of fused-ring (bicyclic) bond motifs is 1. The van der Waals surface area contributed by atoms with Crippen molar-refractivity contribution < 1.29 is 18.0 Å². The molecule has 4 rings (SSSR count). The minimum absolute atomic E-state index is 0.109. The first-order chi connectivity index (χ1) is 15.6. The van der Waals surface area contributed by atoms with Crippen LogP contribution in [-0.4, -0.2) is 45.1 Å². The Bertz CT molecular complexity index is 1190. The maximum absolute atomic E-state index is 12.7. The summed E-state index contributed by atoms with van der Waals surface area (Å²) in [6, 6.07) is 7.17. The third kappa shape index (κ3) is 5.23. The summed E-state index contributed by atoms with van der Waals surface area (Å²) in [5.41, 5.74) is 4.87. The predicted molar refractivity (Wildman–Crippen MR) is 121 cm³/mol. The van der Waals surface area contributed by atoms with Gasteiger partial charge >= 0.3 is 12.2 Å². The van der Waals surface area contributed by atoms with Gasteiger partial charge in [-0.1, -0.05) is 13.0 Å². The fourth-order valence-electron chi connectivity index (χ4n) is 4.23. The number of halogens is 3. The highest BCUT2D eigenvalue weighted by Crippen LogP contribution is 2.32. The molecule has 1 fully saturated rings. The highest BCUT2D eigenvalue weighted by Gasteiger charge is 2.36.